The van der Waals surface area contributed by atoms with E-state index >= 15 is 0 Å². The van der Waals surface area contributed by atoms with Crippen molar-refractivity contribution in [2.75, 3.05) is 5.32 Å². The summed E-state index contributed by atoms with van der Waals surface area (Å²) in [6, 6.07) is 10.1. The van der Waals surface area contributed by atoms with Gasteiger partial charge in [0.1, 0.15) is 24.0 Å². The first-order valence-electron chi connectivity index (χ1n) is 7.73. The van der Waals surface area contributed by atoms with Gasteiger partial charge >= 0.3 is 0 Å². The molecule has 0 saturated heterocycles. The van der Waals surface area contributed by atoms with Crippen molar-refractivity contribution >= 4 is 11.3 Å². The third-order valence-electron chi connectivity index (χ3n) is 3.97. The standard InChI is InChI=1S/C18H17N5O/c1-12-7-13(2)23-10-20-16(18(23)22-12)8-19-15-5-3-14(4-6-15)17-9-24-11-21-17/h3-7,9-11,19H,8H2,1-2H3. The Morgan fingerprint density at radius 3 is 2.71 bits per heavy atom. The molecule has 0 amide bonds. The van der Waals surface area contributed by atoms with Gasteiger partial charge in [-0.15, -0.1) is 0 Å². The Kier molecular flexibility index (Phi) is 3.49. The molecular formula is C18H17N5O. The predicted octanol–water partition coefficient (Wildman–Crippen LogP) is 3.61. The van der Waals surface area contributed by atoms with Crippen LogP contribution in [0.5, 0.6) is 0 Å². The van der Waals surface area contributed by atoms with Crippen LogP contribution in [-0.4, -0.2) is 19.4 Å². The van der Waals surface area contributed by atoms with Gasteiger partial charge in [-0.25, -0.2) is 15.0 Å². The molecule has 0 radical (unpaired) electrons. The lowest BCUT2D eigenvalue weighted by atomic mass is 10.1. The number of nitrogens with one attached hydrogen (secondary N) is 1. The van der Waals surface area contributed by atoms with Crippen molar-refractivity contribution in [3.8, 4) is 11.3 Å². The number of benzene rings is 1. The number of rotatable bonds is 4. The first-order chi connectivity index (χ1) is 11.7. The molecule has 0 aliphatic heterocycles. The van der Waals surface area contributed by atoms with Gasteiger partial charge in [0, 0.05) is 22.6 Å². The molecule has 120 valence electrons. The summed E-state index contributed by atoms with van der Waals surface area (Å²) < 4.78 is 7.02. The topological polar surface area (TPSA) is 68.2 Å². The average Bonchev–Trinajstić information content (AvgIpc) is 3.23. The summed E-state index contributed by atoms with van der Waals surface area (Å²) in [6.45, 7) is 4.68. The van der Waals surface area contributed by atoms with E-state index in [1.807, 2.05) is 41.9 Å². The molecule has 1 N–H and O–H groups in total. The third kappa shape index (κ3) is 2.62. The largest absolute Gasteiger partial charge is 0.451 e. The molecule has 4 aromatic rings. The molecule has 0 atom stereocenters. The molecule has 6 nitrogen and oxygen atoms in total. The molecule has 0 aliphatic carbocycles. The molecule has 0 unspecified atom stereocenters. The van der Waals surface area contributed by atoms with E-state index in [-0.39, 0.29) is 0 Å². The average molecular weight is 319 g/mol. The van der Waals surface area contributed by atoms with E-state index in [0.717, 1.165) is 39.7 Å². The quantitative estimate of drug-likeness (QED) is 0.622. The number of aromatic nitrogens is 4. The number of aryl methyl sites for hydroxylation is 2. The molecule has 1 aromatic carbocycles. The third-order valence-corrected chi connectivity index (χ3v) is 3.97. The number of anilines is 1. The molecule has 4 rings (SSSR count). The van der Waals surface area contributed by atoms with E-state index in [2.05, 4.69) is 33.3 Å². The zero-order chi connectivity index (χ0) is 16.5. The summed E-state index contributed by atoms with van der Waals surface area (Å²) in [5.41, 5.74) is 6.84. The molecule has 0 spiro atoms. The van der Waals surface area contributed by atoms with Gasteiger partial charge in [0.25, 0.3) is 0 Å². The second-order valence-corrected chi connectivity index (χ2v) is 5.73. The zero-order valence-electron chi connectivity index (χ0n) is 13.5. The Morgan fingerprint density at radius 1 is 1.12 bits per heavy atom. The fraction of sp³-hybridized carbons (Fsp3) is 0.167. The number of fused-ring (bicyclic) bond motifs is 1. The normalized spacial score (nSPS) is 11.1. The SMILES string of the molecule is Cc1cc(C)n2cnc(CNc3ccc(-c4cocn4)cc3)c2n1. The first-order valence-corrected chi connectivity index (χ1v) is 7.73. The summed E-state index contributed by atoms with van der Waals surface area (Å²) in [5.74, 6) is 0. The Labute approximate surface area is 139 Å². The van der Waals surface area contributed by atoms with E-state index in [1.165, 1.54) is 6.39 Å². The van der Waals surface area contributed by atoms with Gasteiger partial charge < -0.3 is 9.73 Å². The molecule has 24 heavy (non-hydrogen) atoms. The molecule has 3 heterocycles. The smallest absolute Gasteiger partial charge is 0.181 e. The summed E-state index contributed by atoms with van der Waals surface area (Å²) in [5, 5.41) is 3.39. The maximum atomic E-state index is 5.01. The van der Waals surface area contributed by atoms with Crippen molar-refractivity contribution in [2.24, 2.45) is 0 Å². The lowest BCUT2D eigenvalue weighted by molar-refractivity contribution is 0.558. The number of hydrogen-bond donors (Lipinski definition) is 1. The minimum Gasteiger partial charge on any atom is -0.451 e. The molecule has 6 heteroatoms. The minimum absolute atomic E-state index is 0.621. The summed E-state index contributed by atoms with van der Waals surface area (Å²) >= 11 is 0. The maximum Gasteiger partial charge on any atom is 0.181 e. The molecule has 0 bridgehead atoms. The van der Waals surface area contributed by atoms with Crippen LogP contribution in [0.25, 0.3) is 16.9 Å². The van der Waals surface area contributed by atoms with Crippen molar-refractivity contribution < 1.29 is 4.42 Å². The highest BCUT2D eigenvalue weighted by Crippen LogP contribution is 2.20. The molecular weight excluding hydrogens is 302 g/mol. The predicted molar refractivity (Wildman–Crippen MR) is 91.7 cm³/mol. The highest BCUT2D eigenvalue weighted by atomic mass is 16.3. The molecule has 3 aromatic heterocycles. The Balaban J connectivity index is 1.53. The fourth-order valence-corrected chi connectivity index (χ4v) is 2.75. The molecule has 0 fully saturated rings. The van der Waals surface area contributed by atoms with Crippen molar-refractivity contribution in [2.45, 2.75) is 20.4 Å². The van der Waals surface area contributed by atoms with Crippen LogP contribution in [-0.2, 0) is 6.54 Å². The number of hydrogen-bond acceptors (Lipinski definition) is 5. The van der Waals surface area contributed by atoms with E-state index in [1.54, 1.807) is 6.26 Å². The van der Waals surface area contributed by atoms with E-state index in [4.69, 9.17) is 4.42 Å². The van der Waals surface area contributed by atoms with Crippen LogP contribution < -0.4 is 5.32 Å². The second kappa shape index (κ2) is 5.81. The van der Waals surface area contributed by atoms with Gasteiger partial charge in [-0.1, -0.05) is 12.1 Å². The number of imidazole rings is 1. The maximum absolute atomic E-state index is 5.01. The van der Waals surface area contributed by atoms with Crippen molar-refractivity contribution in [3.63, 3.8) is 0 Å². The Bertz CT molecular complexity index is 971. The zero-order valence-corrected chi connectivity index (χ0v) is 13.5. The summed E-state index contributed by atoms with van der Waals surface area (Å²) in [7, 11) is 0. The van der Waals surface area contributed by atoms with Gasteiger partial charge in [-0.2, -0.15) is 0 Å². The Morgan fingerprint density at radius 2 is 1.96 bits per heavy atom. The van der Waals surface area contributed by atoms with Gasteiger partial charge in [0.15, 0.2) is 12.0 Å². The van der Waals surface area contributed by atoms with Gasteiger partial charge in [-0.3, -0.25) is 4.40 Å². The lowest BCUT2D eigenvalue weighted by Crippen LogP contribution is -2.02. The lowest BCUT2D eigenvalue weighted by Gasteiger charge is -2.06. The van der Waals surface area contributed by atoms with Crippen LogP contribution in [0.1, 0.15) is 17.1 Å². The molecule has 0 aliphatic rings. The fourth-order valence-electron chi connectivity index (χ4n) is 2.75. The van der Waals surface area contributed by atoms with E-state index in [9.17, 15) is 0 Å². The molecule has 0 saturated carbocycles. The van der Waals surface area contributed by atoms with Crippen molar-refractivity contribution in [1.82, 2.24) is 19.4 Å². The van der Waals surface area contributed by atoms with Crippen LogP contribution in [0.4, 0.5) is 5.69 Å². The van der Waals surface area contributed by atoms with Crippen molar-refractivity contribution in [3.05, 3.63) is 66.4 Å². The highest BCUT2D eigenvalue weighted by Gasteiger charge is 2.08. The monoisotopic (exact) mass is 319 g/mol. The van der Waals surface area contributed by atoms with E-state index < -0.39 is 0 Å². The van der Waals surface area contributed by atoms with Crippen LogP contribution >= 0.6 is 0 Å². The number of oxazole rings is 1. The van der Waals surface area contributed by atoms with Crippen LogP contribution in [0, 0.1) is 13.8 Å². The highest BCUT2D eigenvalue weighted by molar-refractivity contribution is 5.61. The second-order valence-electron chi connectivity index (χ2n) is 5.73. The summed E-state index contributed by atoms with van der Waals surface area (Å²) in [4.78, 5) is 13.2. The number of nitrogens with zero attached hydrogens (tertiary/aromatic N) is 4. The summed E-state index contributed by atoms with van der Waals surface area (Å²) in [6.07, 6.45) is 4.89. The first kappa shape index (κ1) is 14.4. The Hall–Kier alpha value is -3.15. The van der Waals surface area contributed by atoms with Gasteiger partial charge in [0.2, 0.25) is 0 Å². The van der Waals surface area contributed by atoms with Gasteiger partial charge in [0.05, 0.1) is 6.54 Å². The van der Waals surface area contributed by atoms with Gasteiger partial charge in [-0.05, 0) is 32.0 Å². The van der Waals surface area contributed by atoms with Crippen molar-refractivity contribution in [1.29, 1.82) is 0 Å². The van der Waals surface area contributed by atoms with Crippen LogP contribution in [0.15, 0.2) is 53.7 Å². The van der Waals surface area contributed by atoms with Crippen LogP contribution in [0.2, 0.25) is 0 Å². The van der Waals surface area contributed by atoms with Crippen LogP contribution in [0.3, 0.4) is 0 Å². The van der Waals surface area contributed by atoms with E-state index in [0.29, 0.717) is 6.54 Å². The minimum atomic E-state index is 0.621.